The van der Waals surface area contributed by atoms with E-state index in [4.69, 9.17) is 24.1 Å². The quantitative estimate of drug-likeness (QED) is 0.104. The molecule has 1 amide bonds. The summed E-state index contributed by atoms with van der Waals surface area (Å²) < 4.78 is 21.1. The minimum Gasteiger partial charge on any atom is -0.463 e. The molecule has 34 heavy (non-hydrogen) atoms. The number of hydrogen-bond acceptors (Lipinski definition) is 9. The van der Waals surface area contributed by atoms with Crippen LogP contribution in [0.1, 0.15) is 59.3 Å². The first kappa shape index (κ1) is 32.2. The number of unbranched alkanes of at least 4 members (excludes halogenated alkanes) is 2. The van der Waals surface area contributed by atoms with Crippen molar-refractivity contribution < 1.29 is 38.4 Å². The Balaban J connectivity index is 4.39. The van der Waals surface area contributed by atoms with Crippen molar-refractivity contribution in [3.63, 3.8) is 0 Å². The van der Waals surface area contributed by atoms with Gasteiger partial charge in [-0.3, -0.25) is 4.79 Å². The second-order valence-corrected chi connectivity index (χ2v) is 9.61. The molecule has 9 nitrogen and oxygen atoms in total. The Labute approximate surface area is 208 Å². The molecule has 0 aromatic carbocycles. The summed E-state index contributed by atoms with van der Waals surface area (Å²) in [6.45, 7) is 10.3. The van der Waals surface area contributed by atoms with Crippen LogP contribution in [-0.2, 0) is 28.5 Å². The first-order valence-electron chi connectivity index (χ1n) is 11.9. The number of aliphatic hydroxyl groups is 1. The second kappa shape index (κ2) is 20.6. The predicted octanol–water partition coefficient (Wildman–Crippen LogP) is 3.48. The van der Waals surface area contributed by atoms with Gasteiger partial charge in [-0.15, -0.1) is 0 Å². The normalized spacial score (nSPS) is 13.4. The summed E-state index contributed by atoms with van der Waals surface area (Å²) in [5.74, 6) is 0.968. The zero-order chi connectivity index (χ0) is 25.7. The summed E-state index contributed by atoms with van der Waals surface area (Å²) in [5.41, 5.74) is -1.16. The summed E-state index contributed by atoms with van der Waals surface area (Å²) in [7, 11) is 0. The molecule has 0 rings (SSSR count). The van der Waals surface area contributed by atoms with E-state index in [1.807, 2.05) is 0 Å². The molecule has 0 aromatic rings. The number of esters is 2. The molecule has 2 atom stereocenters. The SMILES string of the molecule is C=CC(=O)OCC(C)(COC(=O)CCSCCCCCO)NC(=O)OCCCOCC(C)CC. The summed E-state index contributed by atoms with van der Waals surface area (Å²) in [4.78, 5) is 35.8. The van der Waals surface area contributed by atoms with Gasteiger partial charge in [0.25, 0.3) is 0 Å². The van der Waals surface area contributed by atoms with E-state index in [1.165, 1.54) is 0 Å². The second-order valence-electron chi connectivity index (χ2n) is 8.38. The Bertz CT molecular complexity index is 589. The molecule has 0 fully saturated rings. The topological polar surface area (TPSA) is 120 Å². The molecule has 198 valence electrons. The molecule has 2 N–H and O–H groups in total. The van der Waals surface area contributed by atoms with E-state index in [0.717, 1.165) is 37.5 Å². The van der Waals surface area contributed by atoms with E-state index < -0.39 is 23.6 Å². The Hall–Kier alpha value is -1.78. The highest BCUT2D eigenvalue weighted by atomic mass is 32.2. The molecule has 0 radical (unpaired) electrons. The lowest BCUT2D eigenvalue weighted by molar-refractivity contribution is -0.148. The minimum absolute atomic E-state index is 0.171. The van der Waals surface area contributed by atoms with Crippen LogP contribution in [0.25, 0.3) is 0 Å². The third-order valence-corrected chi connectivity index (χ3v) is 5.89. The van der Waals surface area contributed by atoms with Gasteiger partial charge >= 0.3 is 18.0 Å². The van der Waals surface area contributed by atoms with Crippen LogP contribution >= 0.6 is 11.8 Å². The maximum absolute atomic E-state index is 12.2. The number of amides is 1. The highest BCUT2D eigenvalue weighted by Gasteiger charge is 2.31. The largest absolute Gasteiger partial charge is 0.463 e. The third kappa shape index (κ3) is 18.6. The monoisotopic (exact) mass is 505 g/mol. The summed E-state index contributed by atoms with van der Waals surface area (Å²) in [6, 6.07) is 0. The van der Waals surface area contributed by atoms with Crippen molar-refractivity contribution in [3.05, 3.63) is 12.7 Å². The van der Waals surface area contributed by atoms with Crippen LogP contribution in [0.3, 0.4) is 0 Å². The van der Waals surface area contributed by atoms with Gasteiger partial charge in [-0.05, 0) is 31.4 Å². The fraction of sp³-hybridized carbons (Fsp3) is 0.792. The van der Waals surface area contributed by atoms with Crippen LogP contribution in [0.4, 0.5) is 4.79 Å². The maximum Gasteiger partial charge on any atom is 0.407 e. The lowest BCUT2D eigenvalue weighted by Crippen LogP contribution is -2.53. The first-order chi connectivity index (χ1) is 16.3. The lowest BCUT2D eigenvalue weighted by Gasteiger charge is -2.29. The summed E-state index contributed by atoms with van der Waals surface area (Å²) in [5, 5.41) is 11.4. The molecule has 10 heteroatoms. The third-order valence-electron chi connectivity index (χ3n) is 4.82. The highest BCUT2D eigenvalue weighted by molar-refractivity contribution is 7.99. The van der Waals surface area contributed by atoms with Gasteiger partial charge in [0.15, 0.2) is 0 Å². The zero-order valence-electron chi connectivity index (χ0n) is 21.0. The smallest absolute Gasteiger partial charge is 0.407 e. The van der Waals surface area contributed by atoms with Crippen molar-refractivity contribution >= 4 is 29.8 Å². The van der Waals surface area contributed by atoms with E-state index in [-0.39, 0.29) is 32.8 Å². The van der Waals surface area contributed by atoms with Gasteiger partial charge in [-0.2, -0.15) is 11.8 Å². The number of rotatable bonds is 21. The molecule has 0 heterocycles. The molecule has 0 aromatic heterocycles. The molecule has 0 saturated carbocycles. The van der Waals surface area contributed by atoms with Crippen LogP contribution in [-0.4, -0.2) is 79.8 Å². The van der Waals surface area contributed by atoms with Gasteiger partial charge in [0.2, 0.25) is 0 Å². The van der Waals surface area contributed by atoms with Crippen LogP contribution in [0, 0.1) is 5.92 Å². The van der Waals surface area contributed by atoms with Crippen molar-refractivity contribution in [3.8, 4) is 0 Å². The van der Waals surface area contributed by atoms with E-state index >= 15 is 0 Å². The van der Waals surface area contributed by atoms with Gasteiger partial charge < -0.3 is 29.4 Å². The van der Waals surface area contributed by atoms with Gasteiger partial charge in [-0.25, -0.2) is 9.59 Å². The molecular formula is C24H43NO8S. The number of ether oxygens (including phenoxy) is 4. The molecule has 0 saturated heterocycles. The van der Waals surface area contributed by atoms with Crippen LogP contribution in [0.15, 0.2) is 12.7 Å². The molecule has 0 aliphatic heterocycles. The van der Waals surface area contributed by atoms with Gasteiger partial charge in [0, 0.05) is 38.1 Å². The maximum atomic E-state index is 12.2. The zero-order valence-corrected chi connectivity index (χ0v) is 21.8. The van der Waals surface area contributed by atoms with E-state index in [2.05, 4.69) is 25.7 Å². The van der Waals surface area contributed by atoms with Crippen molar-refractivity contribution in [1.82, 2.24) is 5.32 Å². The van der Waals surface area contributed by atoms with Gasteiger partial charge in [0.05, 0.1) is 13.0 Å². The number of aliphatic hydroxyl groups excluding tert-OH is 1. The molecule has 0 spiro atoms. The van der Waals surface area contributed by atoms with Crippen molar-refractivity contribution in [2.24, 2.45) is 5.92 Å². The van der Waals surface area contributed by atoms with E-state index in [0.29, 0.717) is 31.3 Å². The molecular weight excluding hydrogens is 462 g/mol. The fourth-order valence-corrected chi connectivity index (χ4v) is 3.40. The highest BCUT2D eigenvalue weighted by Crippen LogP contribution is 2.11. The number of carbonyl (C=O) groups is 3. The van der Waals surface area contributed by atoms with Crippen LogP contribution in [0.5, 0.6) is 0 Å². The Morgan fingerprint density at radius 2 is 1.79 bits per heavy atom. The summed E-state index contributed by atoms with van der Waals surface area (Å²) in [6.07, 6.45) is 4.89. The number of carbonyl (C=O) groups excluding carboxylic acids is 3. The molecule has 0 bridgehead atoms. The van der Waals surface area contributed by atoms with Crippen molar-refractivity contribution in [2.45, 2.75) is 64.8 Å². The lowest BCUT2D eigenvalue weighted by atomic mass is 10.1. The number of hydrogen-bond donors (Lipinski definition) is 2. The van der Waals surface area contributed by atoms with Gasteiger partial charge in [-0.1, -0.05) is 33.3 Å². The standard InChI is InChI=1S/C24H43NO8S/c1-5-20(3)17-30-13-10-14-31-23(29)25-24(4,18-32-21(27)6-2)19-33-22(28)11-16-34-15-9-7-8-12-26/h6,20,26H,2,5,7-19H2,1,3-4H3,(H,25,29). The molecule has 0 aliphatic carbocycles. The number of thioether (sulfide) groups is 1. The minimum atomic E-state index is -1.16. The van der Waals surface area contributed by atoms with E-state index in [9.17, 15) is 14.4 Å². The molecule has 2 unspecified atom stereocenters. The Kier molecular flexibility index (Phi) is 19.5. The van der Waals surface area contributed by atoms with E-state index in [1.54, 1.807) is 18.7 Å². The van der Waals surface area contributed by atoms with Crippen LogP contribution in [0.2, 0.25) is 0 Å². The Morgan fingerprint density at radius 1 is 1.06 bits per heavy atom. The van der Waals surface area contributed by atoms with Crippen molar-refractivity contribution in [2.75, 3.05) is 51.1 Å². The average Bonchev–Trinajstić information content (AvgIpc) is 2.82. The predicted molar refractivity (Wildman–Crippen MR) is 133 cm³/mol. The van der Waals surface area contributed by atoms with Crippen LogP contribution < -0.4 is 5.32 Å². The fourth-order valence-electron chi connectivity index (χ4n) is 2.48. The van der Waals surface area contributed by atoms with Crippen molar-refractivity contribution in [1.29, 1.82) is 0 Å². The molecule has 0 aliphatic rings. The van der Waals surface area contributed by atoms with Gasteiger partial charge in [0.1, 0.15) is 18.8 Å². The number of alkyl carbamates (subject to hydrolysis) is 1. The number of nitrogens with one attached hydrogen (secondary N) is 1. The first-order valence-corrected chi connectivity index (χ1v) is 13.1. The average molecular weight is 506 g/mol. The Morgan fingerprint density at radius 3 is 2.47 bits per heavy atom. The summed E-state index contributed by atoms with van der Waals surface area (Å²) >= 11 is 1.65.